The lowest BCUT2D eigenvalue weighted by molar-refractivity contribution is -0.137. The van der Waals surface area contributed by atoms with Gasteiger partial charge in [0.2, 0.25) is 0 Å². The molecule has 0 aromatic carbocycles. The molecule has 0 unspecified atom stereocenters. The number of esters is 1. The summed E-state index contributed by atoms with van der Waals surface area (Å²) in [6.45, 7) is 4.89. The molecule has 0 atom stereocenters. The van der Waals surface area contributed by atoms with Crippen molar-refractivity contribution in [3.8, 4) is 11.6 Å². The molecule has 8 heteroatoms. The molecule has 0 saturated heterocycles. The van der Waals surface area contributed by atoms with Crippen LogP contribution in [0.4, 0.5) is 0 Å². The van der Waals surface area contributed by atoms with E-state index in [1.807, 2.05) is 17.7 Å². The van der Waals surface area contributed by atoms with Crippen LogP contribution < -0.4 is 0 Å². The van der Waals surface area contributed by atoms with Crippen LogP contribution in [0.25, 0.3) is 11.6 Å². The van der Waals surface area contributed by atoms with Crippen molar-refractivity contribution in [1.82, 2.24) is 20.0 Å². The molecule has 2 heterocycles. The van der Waals surface area contributed by atoms with E-state index in [2.05, 4.69) is 27.0 Å². The number of hydrogen-bond acceptors (Lipinski definition) is 7. The summed E-state index contributed by atoms with van der Waals surface area (Å²) in [5.41, 5.74) is 1.77. The highest BCUT2D eigenvalue weighted by atomic mass is 32.2. The first-order chi connectivity index (χ1) is 9.67. The maximum atomic E-state index is 11.0. The summed E-state index contributed by atoms with van der Waals surface area (Å²) in [5, 5.41) is 12.6. The molecule has 2 rings (SSSR count). The van der Waals surface area contributed by atoms with Gasteiger partial charge in [0.25, 0.3) is 11.1 Å². The minimum atomic E-state index is -0.335. The summed E-state index contributed by atoms with van der Waals surface area (Å²) >= 11 is 1.14. The van der Waals surface area contributed by atoms with Gasteiger partial charge >= 0.3 is 5.97 Å². The number of aromatic nitrogens is 4. The van der Waals surface area contributed by atoms with Crippen LogP contribution in [-0.2, 0) is 22.5 Å². The minimum Gasteiger partial charge on any atom is -0.468 e. The Morgan fingerprint density at radius 2 is 2.25 bits per heavy atom. The van der Waals surface area contributed by atoms with Crippen LogP contribution in [0.2, 0.25) is 0 Å². The number of hydrogen-bond donors (Lipinski definition) is 0. The summed E-state index contributed by atoms with van der Waals surface area (Å²) in [4.78, 5) is 11.0. The van der Waals surface area contributed by atoms with Gasteiger partial charge in [0, 0.05) is 12.2 Å². The zero-order valence-corrected chi connectivity index (χ0v) is 12.4. The summed E-state index contributed by atoms with van der Waals surface area (Å²) in [7, 11) is 1.34. The molecule has 0 aliphatic heterocycles. The monoisotopic (exact) mass is 296 g/mol. The SMILES string of the molecule is CCc1cc(-c2nnc(SCC(=O)OC)o2)nn1CC. The van der Waals surface area contributed by atoms with Gasteiger partial charge in [-0.2, -0.15) is 5.10 Å². The van der Waals surface area contributed by atoms with Crippen molar-refractivity contribution in [2.75, 3.05) is 12.9 Å². The van der Waals surface area contributed by atoms with Gasteiger partial charge in [0.05, 0.1) is 7.11 Å². The average Bonchev–Trinajstić information content (AvgIpc) is 3.10. The van der Waals surface area contributed by atoms with Crippen molar-refractivity contribution in [3.63, 3.8) is 0 Å². The molecule has 0 radical (unpaired) electrons. The third-order valence-electron chi connectivity index (χ3n) is 2.69. The zero-order valence-electron chi connectivity index (χ0n) is 11.6. The van der Waals surface area contributed by atoms with Crippen molar-refractivity contribution in [2.45, 2.75) is 32.0 Å². The lowest BCUT2D eigenvalue weighted by Gasteiger charge is -1.98. The first kappa shape index (κ1) is 14.6. The summed E-state index contributed by atoms with van der Waals surface area (Å²) in [6.07, 6.45) is 0.888. The second-order valence-electron chi connectivity index (χ2n) is 3.93. The van der Waals surface area contributed by atoms with Crippen molar-refractivity contribution in [3.05, 3.63) is 11.8 Å². The molecular weight excluding hydrogens is 280 g/mol. The lowest BCUT2D eigenvalue weighted by Crippen LogP contribution is -2.02. The molecule has 2 aromatic heterocycles. The Bertz CT molecular complexity index is 572. The van der Waals surface area contributed by atoms with Crippen LogP contribution in [0.15, 0.2) is 15.7 Å². The van der Waals surface area contributed by atoms with Gasteiger partial charge in [-0.25, -0.2) is 0 Å². The minimum absolute atomic E-state index is 0.141. The van der Waals surface area contributed by atoms with Crippen molar-refractivity contribution >= 4 is 17.7 Å². The standard InChI is InChI=1S/C12H16N4O3S/c1-4-8-6-9(15-16(8)5-2)11-13-14-12(19-11)20-7-10(17)18-3/h6H,4-5,7H2,1-3H3. The predicted molar refractivity (Wildman–Crippen MR) is 73.3 cm³/mol. The Balaban J connectivity index is 2.12. The van der Waals surface area contributed by atoms with Crippen molar-refractivity contribution in [1.29, 1.82) is 0 Å². The predicted octanol–water partition coefficient (Wildman–Crippen LogP) is 1.78. The molecule has 20 heavy (non-hydrogen) atoms. The highest BCUT2D eigenvalue weighted by molar-refractivity contribution is 7.99. The third kappa shape index (κ3) is 3.19. The Hall–Kier alpha value is -1.83. The van der Waals surface area contributed by atoms with Gasteiger partial charge in [-0.15, -0.1) is 10.2 Å². The maximum Gasteiger partial charge on any atom is 0.316 e. The highest BCUT2D eigenvalue weighted by Gasteiger charge is 2.15. The Morgan fingerprint density at radius 1 is 1.45 bits per heavy atom. The second kappa shape index (κ2) is 6.56. The molecule has 0 spiro atoms. The number of rotatable bonds is 6. The number of thioether (sulfide) groups is 1. The van der Waals surface area contributed by atoms with Gasteiger partial charge in [0.15, 0.2) is 0 Å². The summed E-state index contributed by atoms with van der Waals surface area (Å²) in [5.74, 6) is 0.166. The molecule has 0 bridgehead atoms. The van der Waals surface area contributed by atoms with E-state index in [1.54, 1.807) is 0 Å². The van der Waals surface area contributed by atoms with E-state index in [-0.39, 0.29) is 11.7 Å². The molecule has 0 N–H and O–H groups in total. The number of carbonyl (C=O) groups excluding carboxylic acids is 1. The molecule has 0 amide bonds. The molecule has 7 nitrogen and oxygen atoms in total. The average molecular weight is 296 g/mol. The molecule has 0 aliphatic rings. The second-order valence-corrected chi connectivity index (χ2v) is 4.85. The van der Waals surface area contributed by atoms with Gasteiger partial charge < -0.3 is 9.15 Å². The van der Waals surface area contributed by atoms with Gasteiger partial charge in [-0.05, 0) is 19.4 Å². The quantitative estimate of drug-likeness (QED) is 0.593. The number of methoxy groups -OCH3 is 1. The van der Waals surface area contributed by atoms with Gasteiger partial charge in [0.1, 0.15) is 11.4 Å². The fourth-order valence-electron chi connectivity index (χ4n) is 1.67. The van der Waals surface area contributed by atoms with E-state index in [0.29, 0.717) is 16.8 Å². The fraction of sp³-hybridized carbons (Fsp3) is 0.500. The maximum absolute atomic E-state index is 11.0. The van der Waals surface area contributed by atoms with E-state index in [0.717, 1.165) is 30.4 Å². The molecule has 108 valence electrons. The number of nitrogens with zero attached hydrogens (tertiary/aromatic N) is 4. The Morgan fingerprint density at radius 3 is 2.85 bits per heavy atom. The molecule has 0 saturated carbocycles. The summed E-state index contributed by atoms with van der Waals surface area (Å²) < 4.78 is 11.9. The topological polar surface area (TPSA) is 83.0 Å². The zero-order chi connectivity index (χ0) is 14.5. The van der Waals surface area contributed by atoms with E-state index in [1.165, 1.54) is 7.11 Å². The van der Waals surface area contributed by atoms with Crippen molar-refractivity contribution in [2.24, 2.45) is 0 Å². The Kier molecular flexibility index (Phi) is 4.78. The third-order valence-corrected chi connectivity index (χ3v) is 3.48. The largest absolute Gasteiger partial charge is 0.468 e. The van der Waals surface area contributed by atoms with Crippen LogP contribution in [0.1, 0.15) is 19.5 Å². The van der Waals surface area contributed by atoms with Gasteiger partial charge in [-0.3, -0.25) is 9.48 Å². The highest BCUT2D eigenvalue weighted by Crippen LogP contribution is 2.23. The fourth-order valence-corrected chi connectivity index (χ4v) is 2.27. The van der Waals surface area contributed by atoms with Crippen molar-refractivity contribution < 1.29 is 13.9 Å². The molecular formula is C12H16N4O3S. The first-order valence-corrected chi connectivity index (χ1v) is 7.26. The van der Waals surface area contributed by atoms with Crippen LogP contribution in [-0.4, -0.2) is 38.8 Å². The summed E-state index contributed by atoms with van der Waals surface area (Å²) in [6, 6.07) is 1.94. The van der Waals surface area contributed by atoms with Crippen LogP contribution in [0.5, 0.6) is 0 Å². The normalized spacial score (nSPS) is 10.8. The van der Waals surface area contributed by atoms with Crippen LogP contribution in [0, 0.1) is 0 Å². The Labute approximate surface area is 120 Å². The van der Waals surface area contributed by atoms with E-state index in [4.69, 9.17) is 4.42 Å². The van der Waals surface area contributed by atoms with Crippen LogP contribution in [0.3, 0.4) is 0 Å². The molecule has 2 aromatic rings. The number of ether oxygens (including phenoxy) is 1. The lowest BCUT2D eigenvalue weighted by atomic mass is 10.3. The molecule has 0 aliphatic carbocycles. The molecule has 0 fully saturated rings. The smallest absolute Gasteiger partial charge is 0.316 e. The number of aryl methyl sites for hydroxylation is 2. The van der Waals surface area contributed by atoms with Crippen LogP contribution >= 0.6 is 11.8 Å². The van der Waals surface area contributed by atoms with E-state index < -0.39 is 0 Å². The first-order valence-electron chi connectivity index (χ1n) is 6.28. The van der Waals surface area contributed by atoms with E-state index >= 15 is 0 Å². The number of carbonyl (C=O) groups is 1. The van der Waals surface area contributed by atoms with Gasteiger partial charge in [-0.1, -0.05) is 18.7 Å². The van der Waals surface area contributed by atoms with E-state index in [9.17, 15) is 4.79 Å².